The maximum atomic E-state index is 12.5. The highest BCUT2D eigenvalue weighted by atomic mass is 16.2. The number of amides is 2. The highest BCUT2D eigenvalue weighted by molar-refractivity contribution is 5.96. The fraction of sp³-hybridized carbons (Fsp3) is 0.667. The van der Waals surface area contributed by atoms with Gasteiger partial charge in [0.25, 0.3) is 5.91 Å². The van der Waals surface area contributed by atoms with Crippen LogP contribution in [-0.4, -0.2) is 64.1 Å². The molecule has 0 radical (unpaired) electrons. The third-order valence-corrected chi connectivity index (χ3v) is 3.98. The van der Waals surface area contributed by atoms with E-state index in [9.17, 15) is 9.59 Å². The van der Waals surface area contributed by atoms with Crippen LogP contribution in [0, 0.1) is 5.92 Å². The van der Waals surface area contributed by atoms with Crippen LogP contribution in [0.1, 0.15) is 31.3 Å². The maximum absolute atomic E-state index is 12.5. The van der Waals surface area contributed by atoms with E-state index in [2.05, 4.69) is 22.2 Å². The van der Waals surface area contributed by atoms with E-state index < -0.39 is 0 Å². The SMILES string of the molecule is CCN1CCN(C(=O)c2cc(NC(=O)C(C)C)n(C)n2)CC1. The number of anilines is 1. The number of nitrogens with zero attached hydrogens (tertiary/aromatic N) is 4. The Bertz CT molecular complexity index is 544. The molecule has 2 heterocycles. The minimum absolute atomic E-state index is 0.0728. The van der Waals surface area contributed by atoms with Crippen molar-refractivity contribution < 1.29 is 9.59 Å². The molecule has 0 aromatic carbocycles. The predicted molar refractivity (Wildman–Crippen MR) is 84.7 cm³/mol. The topological polar surface area (TPSA) is 70.5 Å². The van der Waals surface area contributed by atoms with Gasteiger partial charge in [-0.1, -0.05) is 20.8 Å². The molecule has 0 atom stereocenters. The Morgan fingerprint density at radius 3 is 2.45 bits per heavy atom. The number of aryl methyl sites for hydroxylation is 1. The van der Waals surface area contributed by atoms with Crippen molar-refractivity contribution >= 4 is 17.6 Å². The van der Waals surface area contributed by atoms with Gasteiger partial charge < -0.3 is 15.1 Å². The van der Waals surface area contributed by atoms with Gasteiger partial charge in [-0.05, 0) is 6.54 Å². The highest BCUT2D eigenvalue weighted by Crippen LogP contribution is 2.14. The monoisotopic (exact) mass is 307 g/mol. The van der Waals surface area contributed by atoms with E-state index in [1.165, 1.54) is 4.68 Å². The van der Waals surface area contributed by atoms with Crippen molar-refractivity contribution in [1.82, 2.24) is 19.6 Å². The number of piperazine rings is 1. The molecular formula is C15H25N5O2. The summed E-state index contributed by atoms with van der Waals surface area (Å²) in [5.74, 6) is 0.278. The van der Waals surface area contributed by atoms with E-state index >= 15 is 0 Å². The Hall–Kier alpha value is -1.89. The van der Waals surface area contributed by atoms with E-state index in [0.717, 1.165) is 32.7 Å². The van der Waals surface area contributed by atoms with Crippen LogP contribution in [0.2, 0.25) is 0 Å². The molecule has 0 bridgehead atoms. The standard InChI is InChI=1S/C15H25N5O2/c1-5-19-6-8-20(9-7-19)15(22)12-10-13(18(4)17-12)16-14(21)11(2)3/h10-11H,5-9H2,1-4H3,(H,16,21). The van der Waals surface area contributed by atoms with Crippen molar-refractivity contribution in [3.63, 3.8) is 0 Å². The first-order chi connectivity index (χ1) is 10.4. The number of likely N-dealkylation sites (N-methyl/N-ethyl adjacent to an activating group) is 1. The largest absolute Gasteiger partial charge is 0.335 e. The Kier molecular flexibility index (Phi) is 5.18. The molecule has 1 aromatic heterocycles. The van der Waals surface area contributed by atoms with Gasteiger partial charge in [-0.2, -0.15) is 5.10 Å². The van der Waals surface area contributed by atoms with Gasteiger partial charge >= 0.3 is 0 Å². The lowest BCUT2D eigenvalue weighted by Gasteiger charge is -2.33. The molecule has 22 heavy (non-hydrogen) atoms. The quantitative estimate of drug-likeness (QED) is 0.893. The van der Waals surface area contributed by atoms with E-state index in [1.807, 2.05) is 18.7 Å². The maximum Gasteiger partial charge on any atom is 0.274 e. The lowest BCUT2D eigenvalue weighted by Crippen LogP contribution is -2.48. The fourth-order valence-electron chi connectivity index (χ4n) is 2.39. The van der Waals surface area contributed by atoms with E-state index in [0.29, 0.717) is 11.5 Å². The lowest BCUT2D eigenvalue weighted by molar-refractivity contribution is -0.118. The van der Waals surface area contributed by atoms with Crippen molar-refractivity contribution in [1.29, 1.82) is 0 Å². The van der Waals surface area contributed by atoms with Crippen LogP contribution in [0.25, 0.3) is 0 Å². The predicted octanol–water partition coefficient (Wildman–Crippen LogP) is 0.792. The first-order valence-corrected chi connectivity index (χ1v) is 7.79. The van der Waals surface area contributed by atoms with Crippen LogP contribution in [0.3, 0.4) is 0 Å². The molecule has 0 unspecified atom stereocenters. The summed E-state index contributed by atoms with van der Waals surface area (Å²) in [4.78, 5) is 28.4. The van der Waals surface area contributed by atoms with Gasteiger partial charge in [-0.3, -0.25) is 14.3 Å². The van der Waals surface area contributed by atoms with Crippen LogP contribution in [0.4, 0.5) is 5.82 Å². The van der Waals surface area contributed by atoms with Gasteiger partial charge in [0, 0.05) is 45.2 Å². The fourth-order valence-corrected chi connectivity index (χ4v) is 2.39. The zero-order chi connectivity index (χ0) is 16.3. The van der Waals surface area contributed by atoms with Gasteiger partial charge in [-0.15, -0.1) is 0 Å². The van der Waals surface area contributed by atoms with Gasteiger partial charge in [-0.25, -0.2) is 0 Å². The summed E-state index contributed by atoms with van der Waals surface area (Å²) in [7, 11) is 1.72. The second-order valence-electron chi connectivity index (χ2n) is 5.91. The third-order valence-electron chi connectivity index (χ3n) is 3.98. The van der Waals surface area contributed by atoms with E-state index in [1.54, 1.807) is 13.1 Å². The zero-order valence-corrected chi connectivity index (χ0v) is 13.8. The zero-order valence-electron chi connectivity index (χ0n) is 13.8. The van der Waals surface area contributed by atoms with E-state index in [4.69, 9.17) is 0 Å². The summed E-state index contributed by atoms with van der Waals surface area (Å²) in [5, 5.41) is 7.02. The molecule has 0 aliphatic carbocycles. The molecule has 2 amide bonds. The number of hydrogen-bond donors (Lipinski definition) is 1. The van der Waals surface area contributed by atoms with Crippen LogP contribution in [0.15, 0.2) is 6.07 Å². The Morgan fingerprint density at radius 2 is 1.91 bits per heavy atom. The summed E-state index contributed by atoms with van der Waals surface area (Å²) in [5.41, 5.74) is 0.381. The molecule has 122 valence electrons. The number of aromatic nitrogens is 2. The average Bonchev–Trinajstić information content (AvgIpc) is 2.87. The summed E-state index contributed by atoms with van der Waals surface area (Å²) >= 11 is 0. The van der Waals surface area contributed by atoms with Crippen LogP contribution >= 0.6 is 0 Å². The first kappa shape index (κ1) is 16.5. The molecule has 0 saturated carbocycles. The Balaban J connectivity index is 2.03. The molecular weight excluding hydrogens is 282 g/mol. The number of rotatable bonds is 4. The molecule has 1 N–H and O–H groups in total. The van der Waals surface area contributed by atoms with Crippen molar-refractivity contribution in [2.45, 2.75) is 20.8 Å². The number of nitrogens with one attached hydrogen (secondary N) is 1. The molecule has 1 aliphatic heterocycles. The molecule has 0 spiro atoms. The first-order valence-electron chi connectivity index (χ1n) is 7.79. The Labute approximate surface area is 131 Å². The molecule has 1 aromatic rings. The van der Waals surface area contributed by atoms with Gasteiger partial charge in [0.15, 0.2) is 5.69 Å². The molecule has 1 aliphatic rings. The minimum atomic E-state index is -0.115. The van der Waals surface area contributed by atoms with Crippen molar-refractivity contribution in [2.24, 2.45) is 13.0 Å². The second-order valence-corrected chi connectivity index (χ2v) is 5.91. The highest BCUT2D eigenvalue weighted by Gasteiger charge is 2.24. The summed E-state index contributed by atoms with van der Waals surface area (Å²) in [6.07, 6.45) is 0. The van der Waals surface area contributed by atoms with E-state index in [-0.39, 0.29) is 17.7 Å². The molecule has 2 rings (SSSR count). The van der Waals surface area contributed by atoms with Crippen LogP contribution in [-0.2, 0) is 11.8 Å². The van der Waals surface area contributed by atoms with Crippen molar-refractivity contribution in [3.05, 3.63) is 11.8 Å². The minimum Gasteiger partial charge on any atom is -0.335 e. The number of carbonyl (C=O) groups is 2. The van der Waals surface area contributed by atoms with Gasteiger partial charge in [0.1, 0.15) is 5.82 Å². The Morgan fingerprint density at radius 1 is 1.27 bits per heavy atom. The second kappa shape index (κ2) is 6.91. The average molecular weight is 307 g/mol. The molecule has 7 heteroatoms. The molecule has 1 fully saturated rings. The van der Waals surface area contributed by atoms with Gasteiger partial charge in [0.05, 0.1) is 0 Å². The van der Waals surface area contributed by atoms with Gasteiger partial charge in [0.2, 0.25) is 5.91 Å². The smallest absolute Gasteiger partial charge is 0.274 e. The lowest BCUT2D eigenvalue weighted by atomic mass is 10.2. The number of hydrogen-bond acceptors (Lipinski definition) is 4. The van der Waals surface area contributed by atoms with Crippen molar-refractivity contribution in [3.8, 4) is 0 Å². The van der Waals surface area contributed by atoms with Crippen molar-refractivity contribution in [2.75, 3.05) is 38.0 Å². The molecule has 7 nitrogen and oxygen atoms in total. The summed E-state index contributed by atoms with van der Waals surface area (Å²) in [6.45, 7) is 10.0. The van der Waals surface area contributed by atoms with Crippen LogP contribution < -0.4 is 5.32 Å². The molecule has 1 saturated heterocycles. The number of carbonyl (C=O) groups excluding carboxylic acids is 2. The van der Waals surface area contributed by atoms with Crippen LogP contribution in [0.5, 0.6) is 0 Å². The normalized spacial score (nSPS) is 16.1. The summed E-state index contributed by atoms with van der Waals surface area (Å²) in [6, 6.07) is 1.65. The summed E-state index contributed by atoms with van der Waals surface area (Å²) < 4.78 is 1.54. The third kappa shape index (κ3) is 3.65.